The van der Waals surface area contributed by atoms with Crippen molar-refractivity contribution < 1.29 is 24.2 Å². The zero-order valence-corrected chi connectivity index (χ0v) is 19.1. The lowest BCUT2D eigenvalue weighted by atomic mass is 9.98. The monoisotopic (exact) mass is 478 g/mol. The minimum atomic E-state index is -1.24. The number of anilines is 1. The number of alkyl carbamates (subject to hydrolysis) is 1. The smallest absolute Gasteiger partial charge is 0.407 e. The van der Waals surface area contributed by atoms with Crippen LogP contribution in [0.5, 0.6) is 0 Å². The first-order valence-corrected chi connectivity index (χ1v) is 11.2. The van der Waals surface area contributed by atoms with Crippen LogP contribution in [0.1, 0.15) is 40.7 Å². The number of hydrogen-bond acceptors (Lipinski definition) is 4. The van der Waals surface area contributed by atoms with Crippen molar-refractivity contribution in [1.82, 2.24) is 5.32 Å². The standard InChI is InChI=1S/C26H23ClN2O5/c1-15(13-23(30)29-22-12-6-11-21(27)24(22)25(31)32)28-26(33)34-14-20-18-9-4-2-7-16(18)17-8-3-5-10-19(17)20/h2-12,15,20H,13-14H2,1H3,(H,28,33)(H,29,30)(H,31,32)/t15-/m0/s1. The van der Waals surface area contributed by atoms with Crippen LogP contribution >= 0.6 is 11.6 Å². The summed E-state index contributed by atoms with van der Waals surface area (Å²) in [4.78, 5) is 36.2. The second kappa shape index (κ2) is 9.97. The fourth-order valence-electron chi connectivity index (χ4n) is 4.22. The molecule has 0 spiro atoms. The number of carboxylic acid groups (broad SMARTS) is 1. The van der Waals surface area contributed by atoms with Crippen LogP contribution in [0.2, 0.25) is 5.02 Å². The maximum Gasteiger partial charge on any atom is 0.407 e. The molecule has 8 heteroatoms. The molecule has 3 N–H and O–H groups in total. The molecule has 0 unspecified atom stereocenters. The van der Waals surface area contributed by atoms with Crippen molar-refractivity contribution in [3.05, 3.63) is 88.4 Å². The van der Waals surface area contributed by atoms with Gasteiger partial charge in [-0.3, -0.25) is 4.79 Å². The number of amides is 2. The van der Waals surface area contributed by atoms with Gasteiger partial charge in [0, 0.05) is 18.4 Å². The summed E-state index contributed by atoms with van der Waals surface area (Å²) in [7, 11) is 0. The quantitative estimate of drug-likeness (QED) is 0.427. The summed E-state index contributed by atoms with van der Waals surface area (Å²) in [6.45, 7) is 1.83. The highest BCUT2D eigenvalue weighted by Gasteiger charge is 2.29. The molecule has 0 bridgehead atoms. The van der Waals surface area contributed by atoms with Gasteiger partial charge in [0.05, 0.1) is 10.7 Å². The van der Waals surface area contributed by atoms with Crippen molar-refractivity contribution in [3.8, 4) is 11.1 Å². The number of hydrogen-bond donors (Lipinski definition) is 3. The van der Waals surface area contributed by atoms with Gasteiger partial charge in [-0.1, -0.05) is 66.2 Å². The molecule has 1 aliphatic rings. The Balaban J connectivity index is 1.33. The maximum atomic E-state index is 12.4. The number of halogens is 1. The minimum Gasteiger partial charge on any atom is -0.478 e. The summed E-state index contributed by atoms with van der Waals surface area (Å²) in [5.41, 5.74) is 4.41. The molecule has 174 valence electrons. The first-order chi connectivity index (χ1) is 16.3. The van der Waals surface area contributed by atoms with E-state index < -0.39 is 24.0 Å². The van der Waals surface area contributed by atoms with Crippen LogP contribution in [0.3, 0.4) is 0 Å². The largest absolute Gasteiger partial charge is 0.478 e. The number of rotatable bonds is 7. The molecule has 3 aromatic rings. The average Bonchev–Trinajstić information content (AvgIpc) is 3.11. The zero-order valence-electron chi connectivity index (χ0n) is 18.4. The van der Waals surface area contributed by atoms with Gasteiger partial charge in [-0.2, -0.15) is 0 Å². The topological polar surface area (TPSA) is 105 Å². The fraction of sp³-hybridized carbons (Fsp3) is 0.192. The van der Waals surface area contributed by atoms with Crippen LogP contribution in [0.4, 0.5) is 10.5 Å². The molecular weight excluding hydrogens is 456 g/mol. The Kier molecular flexibility index (Phi) is 6.84. The van der Waals surface area contributed by atoms with Crippen LogP contribution in [0, 0.1) is 0 Å². The van der Waals surface area contributed by atoms with Gasteiger partial charge in [0.15, 0.2) is 0 Å². The van der Waals surface area contributed by atoms with Crippen LogP contribution < -0.4 is 10.6 Å². The Bertz CT molecular complexity index is 1210. The predicted molar refractivity (Wildman–Crippen MR) is 129 cm³/mol. The van der Waals surface area contributed by atoms with Crippen LogP contribution in [-0.4, -0.2) is 35.7 Å². The highest BCUT2D eigenvalue weighted by atomic mass is 35.5. The van der Waals surface area contributed by atoms with Gasteiger partial charge >= 0.3 is 12.1 Å². The molecule has 1 atom stereocenters. The molecule has 34 heavy (non-hydrogen) atoms. The molecule has 1 aliphatic carbocycles. The molecule has 3 aromatic carbocycles. The summed E-state index contributed by atoms with van der Waals surface area (Å²) in [6.07, 6.45) is -0.702. The highest BCUT2D eigenvalue weighted by Crippen LogP contribution is 2.44. The summed E-state index contributed by atoms with van der Waals surface area (Å²) >= 11 is 5.93. The molecular formula is C26H23ClN2O5. The van der Waals surface area contributed by atoms with E-state index in [0.717, 1.165) is 22.3 Å². The molecule has 0 aromatic heterocycles. The molecule has 0 saturated carbocycles. The molecule has 0 aliphatic heterocycles. The van der Waals surface area contributed by atoms with E-state index in [0.29, 0.717) is 0 Å². The number of fused-ring (bicyclic) bond motifs is 3. The Morgan fingerprint density at radius 1 is 0.971 bits per heavy atom. The van der Waals surface area contributed by atoms with Crippen LogP contribution in [-0.2, 0) is 9.53 Å². The Morgan fingerprint density at radius 3 is 2.21 bits per heavy atom. The molecule has 4 rings (SSSR count). The number of nitrogens with one attached hydrogen (secondary N) is 2. The van der Waals surface area contributed by atoms with Gasteiger partial charge in [0.25, 0.3) is 0 Å². The number of carbonyl (C=O) groups excluding carboxylic acids is 2. The first-order valence-electron chi connectivity index (χ1n) is 10.8. The lowest BCUT2D eigenvalue weighted by molar-refractivity contribution is -0.116. The fourth-order valence-corrected chi connectivity index (χ4v) is 4.47. The van der Waals surface area contributed by atoms with E-state index in [1.807, 2.05) is 36.4 Å². The van der Waals surface area contributed by atoms with Gasteiger partial charge in [0.2, 0.25) is 5.91 Å². The Labute approximate surface area is 201 Å². The lowest BCUT2D eigenvalue weighted by Crippen LogP contribution is -2.36. The van der Waals surface area contributed by atoms with Gasteiger partial charge in [-0.05, 0) is 41.3 Å². The van der Waals surface area contributed by atoms with E-state index in [2.05, 4.69) is 22.8 Å². The molecule has 2 amide bonds. The Hall–Kier alpha value is -3.84. The van der Waals surface area contributed by atoms with E-state index >= 15 is 0 Å². The summed E-state index contributed by atoms with van der Waals surface area (Å²) in [5.74, 6) is -1.77. The van der Waals surface area contributed by atoms with E-state index in [4.69, 9.17) is 16.3 Å². The van der Waals surface area contributed by atoms with Crippen molar-refractivity contribution in [3.63, 3.8) is 0 Å². The zero-order chi connectivity index (χ0) is 24.2. The van der Waals surface area contributed by atoms with Crippen molar-refractivity contribution in [2.75, 3.05) is 11.9 Å². The van der Waals surface area contributed by atoms with Gasteiger partial charge in [-0.25, -0.2) is 9.59 Å². The van der Waals surface area contributed by atoms with Crippen molar-refractivity contribution in [1.29, 1.82) is 0 Å². The third kappa shape index (κ3) is 4.89. The average molecular weight is 479 g/mol. The van der Waals surface area contributed by atoms with Crippen LogP contribution in [0.15, 0.2) is 66.7 Å². The SMILES string of the molecule is C[C@@H](CC(=O)Nc1cccc(Cl)c1C(=O)O)NC(=O)OCC1c2ccccc2-c2ccccc21. The van der Waals surface area contributed by atoms with Crippen molar-refractivity contribution >= 4 is 35.3 Å². The minimum absolute atomic E-state index is 0.0233. The maximum absolute atomic E-state index is 12.4. The molecule has 0 saturated heterocycles. The summed E-state index contributed by atoms with van der Waals surface area (Å²) in [5, 5.41) is 14.5. The van der Waals surface area contributed by atoms with Crippen molar-refractivity contribution in [2.24, 2.45) is 0 Å². The highest BCUT2D eigenvalue weighted by molar-refractivity contribution is 6.34. The summed E-state index contributed by atoms with van der Waals surface area (Å²) in [6, 6.07) is 20.0. The first kappa shape index (κ1) is 23.3. The van der Waals surface area contributed by atoms with E-state index in [1.165, 1.54) is 12.1 Å². The third-order valence-corrected chi connectivity index (χ3v) is 6.02. The van der Waals surface area contributed by atoms with Crippen LogP contribution in [0.25, 0.3) is 11.1 Å². The second-order valence-electron chi connectivity index (χ2n) is 8.09. The van der Waals surface area contributed by atoms with Gasteiger partial charge in [0.1, 0.15) is 12.2 Å². The molecule has 0 fully saturated rings. The lowest BCUT2D eigenvalue weighted by Gasteiger charge is -2.17. The molecule has 7 nitrogen and oxygen atoms in total. The van der Waals surface area contributed by atoms with Gasteiger partial charge < -0.3 is 20.5 Å². The predicted octanol–water partition coefficient (Wildman–Crippen LogP) is 5.29. The third-order valence-electron chi connectivity index (χ3n) is 5.70. The normalized spacial score (nSPS) is 12.9. The number of carbonyl (C=O) groups is 3. The van der Waals surface area contributed by atoms with Gasteiger partial charge in [-0.15, -0.1) is 0 Å². The second-order valence-corrected chi connectivity index (χ2v) is 8.50. The number of carboxylic acids is 1. The van der Waals surface area contributed by atoms with E-state index in [-0.39, 0.29) is 35.2 Å². The number of benzene rings is 3. The Morgan fingerprint density at radius 2 is 1.59 bits per heavy atom. The molecule has 0 radical (unpaired) electrons. The van der Waals surface area contributed by atoms with E-state index in [1.54, 1.807) is 13.0 Å². The van der Waals surface area contributed by atoms with E-state index in [9.17, 15) is 19.5 Å². The molecule has 0 heterocycles. The summed E-state index contributed by atoms with van der Waals surface area (Å²) < 4.78 is 5.50. The number of aromatic carboxylic acids is 1. The number of ether oxygens (including phenoxy) is 1. The van der Waals surface area contributed by atoms with Crippen molar-refractivity contribution in [2.45, 2.75) is 25.3 Å².